The highest BCUT2D eigenvalue weighted by atomic mass is 16.5. The van der Waals surface area contributed by atoms with Gasteiger partial charge in [-0.15, -0.1) is 0 Å². The highest BCUT2D eigenvalue weighted by Crippen LogP contribution is 2.33. The molecule has 0 atom stereocenters. The van der Waals surface area contributed by atoms with Crippen LogP contribution in [0.3, 0.4) is 0 Å². The second-order valence-corrected chi connectivity index (χ2v) is 5.76. The molecule has 0 saturated carbocycles. The van der Waals surface area contributed by atoms with Gasteiger partial charge in [-0.05, 0) is 36.2 Å². The topological polar surface area (TPSA) is 43.7 Å². The number of rotatable bonds is 3. The van der Waals surface area contributed by atoms with Crippen LogP contribution in [0.1, 0.15) is 16.7 Å². The fourth-order valence-electron chi connectivity index (χ4n) is 3.17. The number of hydrogen-bond donors (Lipinski definition) is 0. The highest BCUT2D eigenvalue weighted by Gasteiger charge is 2.20. The van der Waals surface area contributed by atoms with E-state index in [1.165, 1.54) is 5.56 Å². The summed E-state index contributed by atoms with van der Waals surface area (Å²) in [6.45, 7) is 0.768. The predicted molar refractivity (Wildman–Crippen MR) is 95.5 cm³/mol. The van der Waals surface area contributed by atoms with Crippen molar-refractivity contribution in [3.8, 4) is 11.5 Å². The molecule has 0 bridgehead atoms. The number of methoxy groups -OCH3 is 2. The molecule has 0 spiro atoms. The van der Waals surface area contributed by atoms with Crippen molar-refractivity contribution in [3.05, 3.63) is 65.4 Å². The molecule has 0 unspecified atom stereocenters. The van der Waals surface area contributed by atoms with Gasteiger partial charge in [0, 0.05) is 29.3 Å². The standard InChI is InChI=1S/C20H18N2O2/c1-23-18-10-13-7-8-21-20(16(13)11-19(18)24-2)15-9-14-5-3-4-6-17(14)22-12-15/h3-6,9-12H,7-8H2,1-2H3. The van der Waals surface area contributed by atoms with Crippen LogP contribution in [0.4, 0.5) is 0 Å². The minimum atomic E-state index is 0.722. The number of ether oxygens (including phenoxy) is 2. The van der Waals surface area contributed by atoms with Crippen LogP contribution in [0.15, 0.2) is 53.7 Å². The van der Waals surface area contributed by atoms with E-state index in [1.807, 2.05) is 30.5 Å². The van der Waals surface area contributed by atoms with Crippen LogP contribution in [0, 0.1) is 0 Å². The maximum Gasteiger partial charge on any atom is 0.161 e. The van der Waals surface area contributed by atoms with Crippen molar-refractivity contribution in [1.29, 1.82) is 0 Å². The Bertz CT molecular complexity index is 948. The predicted octanol–water partition coefficient (Wildman–Crippen LogP) is 3.65. The van der Waals surface area contributed by atoms with Crippen molar-refractivity contribution >= 4 is 16.6 Å². The zero-order valence-corrected chi connectivity index (χ0v) is 13.7. The molecule has 4 rings (SSSR count). The molecular weight excluding hydrogens is 300 g/mol. The van der Waals surface area contributed by atoms with Gasteiger partial charge in [0.25, 0.3) is 0 Å². The van der Waals surface area contributed by atoms with E-state index in [9.17, 15) is 0 Å². The van der Waals surface area contributed by atoms with Gasteiger partial charge in [0.15, 0.2) is 11.5 Å². The summed E-state index contributed by atoms with van der Waals surface area (Å²) in [4.78, 5) is 9.33. The molecule has 1 aromatic heterocycles. The Morgan fingerprint density at radius 3 is 2.58 bits per heavy atom. The monoisotopic (exact) mass is 318 g/mol. The largest absolute Gasteiger partial charge is 0.493 e. The van der Waals surface area contributed by atoms with Crippen LogP contribution in [-0.2, 0) is 6.42 Å². The van der Waals surface area contributed by atoms with E-state index in [4.69, 9.17) is 14.5 Å². The second-order valence-electron chi connectivity index (χ2n) is 5.76. The van der Waals surface area contributed by atoms with E-state index in [2.05, 4.69) is 23.2 Å². The Morgan fingerprint density at radius 1 is 0.958 bits per heavy atom. The molecular formula is C20H18N2O2. The molecule has 3 aromatic rings. The third kappa shape index (κ3) is 2.40. The van der Waals surface area contributed by atoms with E-state index >= 15 is 0 Å². The normalized spacial score (nSPS) is 13.3. The maximum absolute atomic E-state index is 5.46. The minimum Gasteiger partial charge on any atom is -0.493 e. The first-order valence-corrected chi connectivity index (χ1v) is 7.95. The fraction of sp³-hybridized carbons (Fsp3) is 0.200. The number of aromatic nitrogens is 1. The number of nitrogens with zero attached hydrogens (tertiary/aromatic N) is 2. The summed E-state index contributed by atoms with van der Waals surface area (Å²) in [5.41, 5.74) is 5.31. The molecule has 0 amide bonds. The molecule has 0 saturated heterocycles. The third-order valence-corrected chi connectivity index (χ3v) is 4.38. The molecule has 4 heteroatoms. The van der Waals surface area contributed by atoms with Gasteiger partial charge in [-0.25, -0.2) is 0 Å². The first-order chi connectivity index (χ1) is 11.8. The van der Waals surface area contributed by atoms with Crippen molar-refractivity contribution in [3.63, 3.8) is 0 Å². The van der Waals surface area contributed by atoms with E-state index in [1.54, 1.807) is 14.2 Å². The zero-order valence-electron chi connectivity index (χ0n) is 13.7. The van der Waals surface area contributed by atoms with E-state index in [-0.39, 0.29) is 0 Å². The summed E-state index contributed by atoms with van der Waals surface area (Å²) < 4.78 is 10.9. The van der Waals surface area contributed by atoms with Gasteiger partial charge in [0.2, 0.25) is 0 Å². The first-order valence-electron chi connectivity index (χ1n) is 7.95. The summed E-state index contributed by atoms with van der Waals surface area (Å²) in [7, 11) is 3.32. The van der Waals surface area contributed by atoms with Gasteiger partial charge in [0.05, 0.1) is 25.4 Å². The lowest BCUT2D eigenvalue weighted by Crippen LogP contribution is -2.15. The lowest BCUT2D eigenvalue weighted by atomic mass is 9.93. The number of hydrogen-bond acceptors (Lipinski definition) is 4. The number of para-hydroxylation sites is 1. The van der Waals surface area contributed by atoms with E-state index in [0.29, 0.717) is 0 Å². The van der Waals surface area contributed by atoms with Gasteiger partial charge in [-0.2, -0.15) is 0 Å². The average Bonchev–Trinajstić information content (AvgIpc) is 2.65. The van der Waals surface area contributed by atoms with Gasteiger partial charge in [-0.3, -0.25) is 9.98 Å². The molecule has 0 fully saturated rings. The first kappa shape index (κ1) is 14.7. The van der Waals surface area contributed by atoms with Crippen LogP contribution in [-0.4, -0.2) is 31.5 Å². The zero-order chi connectivity index (χ0) is 16.5. The minimum absolute atomic E-state index is 0.722. The molecule has 1 aliphatic rings. The molecule has 1 aliphatic heterocycles. The van der Waals surface area contributed by atoms with Crippen molar-refractivity contribution in [2.45, 2.75) is 6.42 Å². The molecule has 4 nitrogen and oxygen atoms in total. The summed E-state index contributed by atoms with van der Waals surface area (Å²) in [5.74, 6) is 1.48. The average molecular weight is 318 g/mol. The smallest absolute Gasteiger partial charge is 0.161 e. The quantitative estimate of drug-likeness (QED) is 0.740. The van der Waals surface area contributed by atoms with Crippen molar-refractivity contribution in [2.24, 2.45) is 4.99 Å². The molecule has 24 heavy (non-hydrogen) atoms. The lowest BCUT2D eigenvalue weighted by Gasteiger charge is -2.20. The van der Waals surface area contributed by atoms with Gasteiger partial charge < -0.3 is 9.47 Å². The van der Waals surface area contributed by atoms with Crippen molar-refractivity contribution in [1.82, 2.24) is 4.98 Å². The fourth-order valence-corrected chi connectivity index (χ4v) is 3.17. The molecule has 0 N–H and O–H groups in total. The highest BCUT2D eigenvalue weighted by molar-refractivity contribution is 6.15. The van der Waals surface area contributed by atoms with Crippen LogP contribution < -0.4 is 9.47 Å². The second kappa shape index (κ2) is 5.96. The van der Waals surface area contributed by atoms with Crippen LogP contribution in [0.25, 0.3) is 10.9 Å². The van der Waals surface area contributed by atoms with Crippen LogP contribution >= 0.6 is 0 Å². The van der Waals surface area contributed by atoms with Crippen molar-refractivity contribution in [2.75, 3.05) is 20.8 Å². The van der Waals surface area contributed by atoms with E-state index < -0.39 is 0 Å². The summed E-state index contributed by atoms with van der Waals surface area (Å²) in [6.07, 6.45) is 2.80. The summed E-state index contributed by atoms with van der Waals surface area (Å²) in [6, 6.07) is 14.3. The number of benzene rings is 2. The number of pyridine rings is 1. The maximum atomic E-state index is 5.46. The molecule has 0 aliphatic carbocycles. The Kier molecular flexibility index (Phi) is 3.65. The summed E-state index contributed by atoms with van der Waals surface area (Å²) in [5, 5.41) is 1.12. The molecule has 2 aromatic carbocycles. The molecule has 120 valence electrons. The van der Waals surface area contributed by atoms with Gasteiger partial charge in [0.1, 0.15) is 0 Å². The SMILES string of the molecule is COc1cc2c(cc1OC)C(c1cnc3ccccc3c1)=NCC2. The Labute approximate surface area is 140 Å². The Morgan fingerprint density at radius 2 is 1.75 bits per heavy atom. The Hall–Kier alpha value is -2.88. The van der Waals surface area contributed by atoms with Gasteiger partial charge >= 0.3 is 0 Å². The number of aliphatic imine (C=N–C) groups is 1. The lowest BCUT2D eigenvalue weighted by molar-refractivity contribution is 0.354. The van der Waals surface area contributed by atoms with Crippen LogP contribution in [0.5, 0.6) is 11.5 Å². The van der Waals surface area contributed by atoms with E-state index in [0.717, 1.165) is 52.2 Å². The van der Waals surface area contributed by atoms with Crippen molar-refractivity contribution < 1.29 is 9.47 Å². The van der Waals surface area contributed by atoms with Gasteiger partial charge in [-0.1, -0.05) is 18.2 Å². The Balaban J connectivity index is 1.86. The van der Waals surface area contributed by atoms with Crippen LogP contribution in [0.2, 0.25) is 0 Å². The molecule has 0 radical (unpaired) electrons. The third-order valence-electron chi connectivity index (χ3n) is 4.38. The summed E-state index contributed by atoms with van der Waals surface area (Å²) >= 11 is 0. The molecule has 2 heterocycles. The number of fused-ring (bicyclic) bond motifs is 2.